The van der Waals surface area contributed by atoms with Gasteiger partial charge in [-0.2, -0.15) is 0 Å². The Morgan fingerprint density at radius 2 is 1.63 bits per heavy atom. The molecule has 3 heteroatoms. The number of carboxylic acid groups (broad SMARTS) is 1. The van der Waals surface area contributed by atoms with Crippen molar-refractivity contribution in [1.82, 2.24) is 0 Å². The van der Waals surface area contributed by atoms with Gasteiger partial charge in [0.05, 0.1) is 11.5 Å². The van der Waals surface area contributed by atoms with Gasteiger partial charge in [0.15, 0.2) is 0 Å². The Bertz CT molecular complexity index is 267. The molecule has 0 aliphatic rings. The lowest BCUT2D eigenvalue weighted by atomic mass is 9.80. The van der Waals surface area contributed by atoms with Crippen molar-refractivity contribution in [3.63, 3.8) is 0 Å². The lowest BCUT2D eigenvalue weighted by Gasteiger charge is -2.29. The average molecular weight is 272 g/mol. The highest BCUT2D eigenvalue weighted by Crippen LogP contribution is 2.31. The van der Waals surface area contributed by atoms with E-state index in [1.165, 1.54) is 0 Å². The fourth-order valence-corrected chi connectivity index (χ4v) is 2.04. The number of hydrogen-bond donors (Lipinski definition) is 1. The zero-order valence-corrected chi connectivity index (χ0v) is 13.6. The lowest BCUT2D eigenvalue weighted by Crippen LogP contribution is -2.28. The summed E-state index contributed by atoms with van der Waals surface area (Å²) in [5.41, 5.74) is 0.0526. The predicted molar refractivity (Wildman–Crippen MR) is 79.4 cm³/mol. The zero-order chi connectivity index (χ0) is 15.1. The Morgan fingerprint density at radius 3 is 2.00 bits per heavy atom. The molecule has 2 unspecified atom stereocenters. The van der Waals surface area contributed by atoms with E-state index in [9.17, 15) is 9.90 Å². The Morgan fingerprint density at radius 1 is 1.11 bits per heavy atom. The van der Waals surface area contributed by atoms with Crippen LogP contribution in [0.5, 0.6) is 0 Å². The number of aliphatic carboxylic acids is 1. The molecule has 0 saturated heterocycles. The third kappa shape index (κ3) is 6.95. The summed E-state index contributed by atoms with van der Waals surface area (Å²) in [6.45, 7) is 10.7. The molecule has 0 spiro atoms. The second-order valence-electron chi connectivity index (χ2n) is 6.64. The standard InChI is InChI=1S/C16H32O3/c1-7-15(3,4)11-9-13(14(17)18)10-12-16(5,8-2)19-6/h13H,7-12H2,1-6H3,(H,17,18). The van der Waals surface area contributed by atoms with Crippen molar-refractivity contribution in [2.45, 2.75) is 78.7 Å². The van der Waals surface area contributed by atoms with Crippen molar-refractivity contribution in [2.75, 3.05) is 7.11 Å². The number of hydrogen-bond acceptors (Lipinski definition) is 2. The van der Waals surface area contributed by atoms with Crippen LogP contribution in [0.15, 0.2) is 0 Å². The molecule has 0 heterocycles. The fourth-order valence-electron chi connectivity index (χ4n) is 2.04. The molecule has 0 saturated carbocycles. The lowest BCUT2D eigenvalue weighted by molar-refractivity contribution is -0.143. The molecule has 0 aromatic carbocycles. The summed E-state index contributed by atoms with van der Waals surface area (Å²) in [4.78, 5) is 11.4. The molecule has 0 amide bonds. The van der Waals surface area contributed by atoms with Gasteiger partial charge in [-0.1, -0.05) is 34.1 Å². The van der Waals surface area contributed by atoms with Gasteiger partial charge in [0.25, 0.3) is 0 Å². The van der Waals surface area contributed by atoms with Gasteiger partial charge in [-0.15, -0.1) is 0 Å². The third-order valence-corrected chi connectivity index (χ3v) is 4.74. The molecule has 0 aliphatic heterocycles. The van der Waals surface area contributed by atoms with E-state index in [1.54, 1.807) is 7.11 Å². The minimum atomic E-state index is -0.665. The number of methoxy groups -OCH3 is 1. The monoisotopic (exact) mass is 272 g/mol. The van der Waals surface area contributed by atoms with Crippen molar-refractivity contribution in [3.8, 4) is 0 Å². The third-order valence-electron chi connectivity index (χ3n) is 4.74. The maximum Gasteiger partial charge on any atom is 0.306 e. The highest BCUT2D eigenvalue weighted by molar-refractivity contribution is 5.69. The van der Waals surface area contributed by atoms with Crippen molar-refractivity contribution >= 4 is 5.97 Å². The van der Waals surface area contributed by atoms with Crippen LogP contribution in [-0.4, -0.2) is 23.8 Å². The smallest absolute Gasteiger partial charge is 0.306 e. The first-order valence-corrected chi connectivity index (χ1v) is 7.47. The van der Waals surface area contributed by atoms with Crippen molar-refractivity contribution in [1.29, 1.82) is 0 Å². The van der Waals surface area contributed by atoms with Gasteiger partial charge in [-0.25, -0.2) is 0 Å². The van der Waals surface area contributed by atoms with Gasteiger partial charge in [0.2, 0.25) is 0 Å². The second-order valence-corrected chi connectivity index (χ2v) is 6.64. The largest absolute Gasteiger partial charge is 0.481 e. The van der Waals surface area contributed by atoms with Gasteiger partial charge >= 0.3 is 5.97 Å². The van der Waals surface area contributed by atoms with E-state index >= 15 is 0 Å². The van der Waals surface area contributed by atoms with Crippen molar-refractivity contribution < 1.29 is 14.6 Å². The van der Waals surface area contributed by atoms with E-state index in [0.717, 1.165) is 32.1 Å². The van der Waals surface area contributed by atoms with Crippen LogP contribution in [0.4, 0.5) is 0 Å². The van der Waals surface area contributed by atoms with Crippen LogP contribution < -0.4 is 0 Å². The van der Waals surface area contributed by atoms with Crippen LogP contribution in [0.2, 0.25) is 0 Å². The molecule has 0 aromatic heterocycles. The topological polar surface area (TPSA) is 46.5 Å². The molecular formula is C16H32O3. The van der Waals surface area contributed by atoms with Crippen LogP contribution in [0.3, 0.4) is 0 Å². The quantitative estimate of drug-likeness (QED) is 0.637. The predicted octanol–water partition coefficient (Wildman–Crippen LogP) is 4.50. The number of ether oxygens (including phenoxy) is 1. The van der Waals surface area contributed by atoms with Crippen molar-refractivity contribution in [2.24, 2.45) is 11.3 Å². The van der Waals surface area contributed by atoms with Gasteiger partial charge in [-0.05, 0) is 44.4 Å². The molecule has 1 N–H and O–H groups in total. The molecular weight excluding hydrogens is 240 g/mol. The second kappa shape index (κ2) is 7.88. The normalized spacial score (nSPS) is 16.9. The van der Waals surface area contributed by atoms with Crippen LogP contribution in [0.25, 0.3) is 0 Å². The Labute approximate surface area is 118 Å². The number of rotatable bonds is 10. The summed E-state index contributed by atoms with van der Waals surface area (Å²) in [7, 11) is 1.71. The summed E-state index contributed by atoms with van der Waals surface area (Å²) in [5, 5.41) is 9.34. The number of carbonyl (C=O) groups is 1. The molecule has 2 atom stereocenters. The van der Waals surface area contributed by atoms with Crippen LogP contribution in [0, 0.1) is 11.3 Å². The molecule has 0 radical (unpaired) electrons. The van der Waals surface area contributed by atoms with E-state index in [1.807, 2.05) is 0 Å². The molecule has 114 valence electrons. The van der Waals surface area contributed by atoms with Crippen molar-refractivity contribution in [3.05, 3.63) is 0 Å². The molecule has 0 aliphatic carbocycles. The Hall–Kier alpha value is -0.570. The molecule has 0 fully saturated rings. The van der Waals surface area contributed by atoms with Crippen LogP contribution in [-0.2, 0) is 9.53 Å². The summed E-state index contributed by atoms with van der Waals surface area (Å²) in [6, 6.07) is 0. The van der Waals surface area contributed by atoms with Crippen LogP contribution in [0.1, 0.15) is 73.1 Å². The maximum absolute atomic E-state index is 11.4. The zero-order valence-electron chi connectivity index (χ0n) is 13.6. The SMILES string of the molecule is CCC(C)(C)CCC(CCC(C)(CC)OC)C(=O)O. The van der Waals surface area contributed by atoms with E-state index in [2.05, 4.69) is 34.6 Å². The first-order valence-electron chi connectivity index (χ1n) is 7.47. The highest BCUT2D eigenvalue weighted by Gasteiger charge is 2.27. The Balaban J connectivity index is 4.40. The van der Waals surface area contributed by atoms with Gasteiger partial charge in [0.1, 0.15) is 0 Å². The number of carboxylic acids is 1. The van der Waals surface area contributed by atoms with Gasteiger partial charge in [-0.3, -0.25) is 4.79 Å². The fraction of sp³-hybridized carbons (Fsp3) is 0.938. The van der Waals surface area contributed by atoms with E-state index in [0.29, 0.717) is 6.42 Å². The Kier molecular flexibility index (Phi) is 7.65. The molecule has 0 aromatic rings. The molecule has 0 rings (SSSR count). The highest BCUT2D eigenvalue weighted by atomic mass is 16.5. The first kappa shape index (κ1) is 18.4. The summed E-state index contributed by atoms with van der Waals surface area (Å²) in [6.07, 6.45) is 5.24. The summed E-state index contributed by atoms with van der Waals surface area (Å²) >= 11 is 0. The maximum atomic E-state index is 11.4. The minimum absolute atomic E-state index is 0.187. The van der Waals surface area contributed by atoms with Crippen LogP contribution >= 0.6 is 0 Å². The molecule has 3 nitrogen and oxygen atoms in total. The minimum Gasteiger partial charge on any atom is -0.481 e. The summed E-state index contributed by atoms with van der Waals surface area (Å²) in [5.74, 6) is -0.909. The van der Waals surface area contributed by atoms with Gasteiger partial charge < -0.3 is 9.84 Å². The molecule has 0 bridgehead atoms. The first-order chi connectivity index (χ1) is 8.69. The van der Waals surface area contributed by atoms with E-state index < -0.39 is 5.97 Å². The van der Waals surface area contributed by atoms with E-state index in [4.69, 9.17) is 4.74 Å². The van der Waals surface area contributed by atoms with E-state index in [-0.39, 0.29) is 16.9 Å². The summed E-state index contributed by atoms with van der Waals surface area (Å²) < 4.78 is 5.49. The average Bonchev–Trinajstić information content (AvgIpc) is 2.37. The molecule has 19 heavy (non-hydrogen) atoms. The van der Waals surface area contributed by atoms with Gasteiger partial charge in [0, 0.05) is 7.11 Å².